The number of nitrogens with zero attached hydrogens (tertiary/aromatic N) is 4. The third-order valence-corrected chi connectivity index (χ3v) is 5.72. The van der Waals surface area contributed by atoms with Gasteiger partial charge in [-0.2, -0.15) is 18.3 Å². The highest BCUT2D eigenvalue weighted by Crippen LogP contribution is 2.36. The number of anilines is 2. The number of ether oxygens (including phenoxy) is 1. The number of nitrogens with one attached hydrogen (secondary N) is 1. The van der Waals surface area contributed by atoms with Gasteiger partial charge in [0.15, 0.2) is 0 Å². The first-order valence-corrected chi connectivity index (χ1v) is 11.9. The van der Waals surface area contributed by atoms with E-state index < -0.39 is 12.1 Å². The Morgan fingerprint density at radius 2 is 1.87 bits per heavy atom. The van der Waals surface area contributed by atoms with Gasteiger partial charge in [-0.1, -0.05) is 11.6 Å². The van der Waals surface area contributed by atoms with Gasteiger partial charge in [0.2, 0.25) is 0 Å². The van der Waals surface area contributed by atoms with Crippen LogP contribution in [0.4, 0.5) is 24.7 Å². The van der Waals surface area contributed by atoms with E-state index in [1.165, 1.54) is 12.8 Å². The topological polar surface area (TPSA) is 136 Å². The second-order valence-electron chi connectivity index (χ2n) is 8.17. The van der Waals surface area contributed by atoms with Gasteiger partial charge in [0, 0.05) is 44.1 Å². The van der Waals surface area contributed by atoms with Gasteiger partial charge in [0.05, 0.1) is 22.5 Å². The Kier molecular flexibility index (Phi) is 9.53. The highest BCUT2D eigenvalue weighted by molar-refractivity contribution is 6.33. The van der Waals surface area contributed by atoms with E-state index in [0.717, 1.165) is 24.5 Å². The first kappa shape index (κ1) is 28.7. The molecule has 0 atom stereocenters. The largest absolute Gasteiger partial charge is 0.492 e. The minimum absolute atomic E-state index is 0.238. The number of nitrogens with two attached hydrogens (primary N) is 1. The normalized spacial score (nSPS) is 13.1. The molecule has 1 saturated heterocycles. The summed E-state index contributed by atoms with van der Waals surface area (Å²) in [5.41, 5.74) is 8.10. The Morgan fingerprint density at radius 3 is 2.39 bits per heavy atom. The summed E-state index contributed by atoms with van der Waals surface area (Å²) in [6, 6.07) is 9.08. The van der Waals surface area contributed by atoms with Crippen LogP contribution < -0.4 is 20.7 Å². The predicted octanol–water partition coefficient (Wildman–Crippen LogP) is 3.96. The van der Waals surface area contributed by atoms with Crippen LogP contribution in [-0.4, -0.2) is 64.2 Å². The maximum Gasteiger partial charge on any atom is 0.490 e. The van der Waals surface area contributed by atoms with Crippen molar-refractivity contribution in [3.63, 3.8) is 0 Å². The average Bonchev–Trinajstić information content (AvgIpc) is 3.53. The molecule has 1 fully saturated rings. The number of halogens is 4. The first-order valence-electron chi connectivity index (χ1n) is 11.5. The minimum atomic E-state index is -5.08. The van der Waals surface area contributed by atoms with E-state index in [1.54, 1.807) is 42.3 Å². The van der Waals surface area contributed by atoms with Crippen LogP contribution in [0.1, 0.15) is 23.2 Å². The van der Waals surface area contributed by atoms with Gasteiger partial charge in [0.25, 0.3) is 5.91 Å². The zero-order valence-electron chi connectivity index (χ0n) is 20.3. The summed E-state index contributed by atoms with van der Waals surface area (Å²) < 4.78 is 39.2. The van der Waals surface area contributed by atoms with Crippen LogP contribution in [0.3, 0.4) is 0 Å². The third kappa shape index (κ3) is 7.35. The highest BCUT2D eigenvalue weighted by atomic mass is 35.5. The van der Waals surface area contributed by atoms with Crippen molar-refractivity contribution in [3.05, 3.63) is 53.3 Å². The molecule has 2 aromatic heterocycles. The molecule has 1 amide bonds. The van der Waals surface area contributed by atoms with Crippen LogP contribution in [0, 0.1) is 0 Å². The lowest BCUT2D eigenvalue weighted by Gasteiger charge is -2.16. The Balaban J connectivity index is 0.000000505. The molecule has 4 rings (SSSR count). The molecule has 1 aliphatic heterocycles. The summed E-state index contributed by atoms with van der Waals surface area (Å²) in [4.78, 5) is 28.4. The summed E-state index contributed by atoms with van der Waals surface area (Å²) in [7, 11) is 1.80. The van der Waals surface area contributed by atoms with Gasteiger partial charge in [-0.3, -0.25) is 9.48 Å². The number of hydrogen-bond acceptors (Lipinski definition) is 7. The van der Waals surface area contributed by atoms with Gasteiger partial charge < -0.3 is 25.8 Å². The van der Waals surface area contributed by atoms with Crippen LogP contribution in [0.15, 0.2) is 42.7 Å². The molecule has 10 nitrogen and oxygen atoms in total. The molecule has 0 bridgehead atoms. The average molecular weight is 555 g/mol. The number of carbonyl (C=O) groups excluding carboxylic acids is 1. The van der Waals surface area contributed by atoms with Gasteiger partial charge in [-0.05, 0) is 43.2 Å². The molecule has 0 saturated carbocycles. The zero-order chi connectivity index (χ0) is 27.9. The molecule has 0 aliphatic carbocycles. The van der Waals surface area contributed by atoms with E-state index in [4.69, 9.17) is 32.0 Å². The van der Waals surface area contributed by atoms with Crippen molar-refractivity contribution in [3.8, 4) is 17.0 Å². The molecule has 38 heavy (non-hydrogen) atoms. The van der Waals surface area contributed by atoms with Gasteiger partial charge in [-0.25, -0.2) is 9.78 Å². The van der Waals surface area contributed by atoms with Crippen molar-refractivity contribution < 1.29 is 32.6 Å². The van der Waals surface area contributed by atoms with E-state index >= 15 is 0 Å². The number of aliphatic carboxylic acids is 1. The number of carbonyl (C=O) groups is 2. The number of hydrogen-bond donors (Lipinski definition) is 3. The molecular formula is C24H26ClF3N6O4. The van der Waals surface area contributed by atoms with Crippen molar-refractivity contribution in [1.82, 2.24) is 14.8 Å². The zero-order valence-corrected chi connectivity index (χ0v) is 21.1. The first-order chi connectivity index (χ1) is 18.0. The van der Waals surface area contributed by atoms with E-state index in [0.29, 0.717) is 40.9 Å². The second kappa shape index (κ2) is 12.6. The van der Waals surface area contributed by atoms with Crippen molar-refractivity contribution in [2.24, 2.45) is 12.8 Å². The smallest absolute Gasteiger partial charge is 0.490 e. The number of benzene rings is 1. The van der Waals surface area contributed by atoms with Gasteiger partial charge in [0.1, 0.15) is 18.2 Å². The minimum Gasteiger partial charge on any atom is -0.492 e. The fraction of sp³-hybridized carbons (Fsp3) is 0.333. The molecule has 4 N–H and O–H groups in total. The van der Waals surface area contributed by atoms with Gasteiger partial charge in [-0.15, -0.1) is 0 Å². The second-order valence-corrected chi connectivity index (χ2v) is 8.58. The maximum atomic E-state index is 12.8. The van der Waals surface area contributed by atoms with Crippen molar-refractivity contribution in [1.29, 1.82) is 0 Å². The van der Waals surface area contributed by atoms with E-state index in [-0.39, 0.29) is 5.91 Å². The van der Waals surface area contributed by atoms with Crippen LogP contribution in [0.5, 0.6) is 5.75 Å². The predicted molar refractivity (Wildman–Crippen MR) is 136 cm³/mol. The van der Waals surface area contributed by atoms with Crippen molar-refractivity contribution >= 4 is 35.0 Å². The molecule has 3 aromatic rings. The Morgan fingerprint density at radius 1 is 1.18 bits per heavy atom. The Bertz CT molecular complexity index is 1240. The fourth-order valence-corrected chi connectivity index (χ4v) is 3.93. The molecule has 0 radical (unpaired) electrons. The number of amides is 1. The summed E-state index contributed by atoms with van der Waals surface area (Å²) in [5, 5.41) is 14.7. The van der Waals surface area contributed by atoms with Crippen LogP contribution in [0.25, 0.3) is 11.3 Å². The summed E-state index contributed by atoms with van der Waals surface area (Å²) in [5.74, 6) is -1.47. The summed E-state index contributed by atoms with van der Waals surface area (Å²) in [6.07, 6.45) is 0.457. The van der Waals surface area contributed by atoms with Crippen molar-refractivity contribution in [2.75, 3.05) is 36.5 Å². The van der Waals surface area contributed by atoms with E-state index in [2.05, 4.69) is 20.3 Å². The van der Waals surface area contributed by atoms with E-state index in [1.807, 2.05) is 12.1 Å². The molecule has 1 aliphatic rings. The number of alkyl halides is 3. The standard InChI is InChI=1S/C22H25ClN6O2.C2HF3O2/c1-28-21(18(23)14-26-28)17-12-16(5-6-19(17)31-11-8-24)27-22(30)15-4-7-20(25-13-15)29-9-2-3-10-29;3-2(4,5)1(6)7/h4-7,12-14H,2-3,8-11,24H2,1H3,(H,27,30);(H,6,7). The molecule has 204 valence electrons. The number of carboxylic acid groups (broad SMARTS) is 1. The lowest BCUT2D eigenvalue weighted by atomic mass is 10.1. The molecule has 1 aromatic carbocycles. The van der Waals surface area contributed by atoms with Crippen LogP contribution in [-0.2, 0) is 11.8 Å². The molecule has 3 heterocycles. The SMILES string of the molecule is Cn1ncc(Cl)c1-c1cc(NC(=O)c2ccc(N3CCCC3)nc2)ccc1OCCN.O=C(O)C(F)(F)F. The van der Waals surface area contributed by atoms with E-state index in [9.17, 15) is 18.0 Å². The Hall–Kier alpha value is -3.84. The Labute approximate surface area is 221 Å². The maximum absolute atomic E-state index is 12.8. The van der Waals surface area contributed by atoms with Gasteiger partial charge >= 0.3 is 12.1 Å². The highest BCUT2D eigenvalue weighted by Gasteiger charge is 2.38. The number of pyridine rings is 1. The fourth-order valence-electron chi connectivity index (χ4n) is 3.66. The number of carboxylic acids is 1. The van der Waals surface area contributed by atoms with Crippen molar-refractivity contribution in [2.45, 2.75) is 19.0 Å². The lowest BCUT2D eigenvalue weighted by molar-refractivity contribution is -0.192. The third-order valence-electron chi connectivity index (χ3n) is 5.44. The van der Waals surface area contributed by atoms with Crippen LogP contribution >= 0.6 is 11.6 Å². The summed E-state index contributed by atoms with van der Waals surface area (Å²) >= 11 is 6.35. The number of aryl methyl sites for hydroxylation is 1. The van der Waals surface area contributed by atoms with Crippen LogP contribution in [0.2, 0.25) is 5.02 Å². The molecule has 0 spiro atoms. The number of aromatic nitrogens is 3. The molecule has 14 heteroatoms. The molecule has 0 unspecified atom stereocenters. The number of rotatable bonds is 7. The monoisotopic (exact) mass is 554 g/mol. The quantitative estimate of drug-likeness (QED) is 0.399. The lowest BCUT2D eigenvalue weighted by Crippen LogP contribution is -2.21. The summed E-state index contributed by atoms with van der Waals surface area (Å²) in [6.45, 7) is 2.77. The molecular weight excluding hydrogens is 529 g/mol.